The van der Waals surface area contributed by atoms with Crippen LogP contribution in [0.3, 0.4) is 0 Å². The van der Waals surface area contributed by atoms with Gasteiger partial charge in [-0.15, -0.1) is 0 Å². The van der Waals surface area contributed by atoms with Gasteiger partial charge in [0.25, 0.3) is 0 Å². The van der Waals surface area contributed by atoms with E-state index in [1.807, 2.05) is 0 Å². The van der Waals surface area contributed by atoms with Crippen LogP contribution in [-0.4, -0.2) is 51.7 Å². The van der Waals surface area contributed by atoms with Crippen LogP contribution in [0.5, 0.6) is 0 Å². The highest BCUT2D eigenvalue weighted by Gasteiger charge is 2.03. The summed E-state index contributed by atoms with van der Waals surface area (Å²) in [5.74, 6) is 0.354. The molecule has 6 nitrogen and oxygen atoms in total. The average Bonchev–Trinajstić information content (AvgIpc) is 2.29. The zero-order valence-corrected chi connectivity index (χ0v) is 11.5. The number of ether oxygens (including phenoxy) is 1. The highest BCUT2D eigenvalue weighted by atomic mass is 16.5. The Morgan fingerprint density at radius 3 is 2.11 bits per heavy atom. The summed E-state index contributed by atoms with van der Waals surface area (Å²) >= 11 is 0. The lowest BCUT2D eigenvalue weighted by molar-refractivity contribution is -0.121. The Morgan fingerprint density at radius 2 is 1.61 bits per heavy atom. The maximum atomic E-state index is 11.3. The van der Waals surface area contributed by atoms with Crippen molar-refractivity contribution < 1.29 is 14.3 Å². The number of carbonyl (C=O) groups is 2. The predicted molar refractivity (Wildman–Crippen MR) is 70.2 cm³/mol. The molecule has 0 aliphatic carbocycles. The number of rotatable bonds is 10. The van der Waals surface area contributed by atoms with Gasteiger partial charge in [-0.25, -0.2) is 0 Å². The first kappa shape index (κ1) is 16.9. The Balaban J connectivity index is 3.41. The molecule has 0 bridgehead atoms. The van der Waals surface area contributed by atoms with Gasteiger partial charge in [-0.3, -0.25) is 14.9 Å². The summed E-state index contributed by atoms with van der Waals surface area (Å²) in [4.78, 5) is 22.6. The second-order valence-corrected chi connectivity index (χ2v) is 4.48. The molecule has 0 fully saturated rings. The minimum absolute atomic E-state index is 0.0830. The van der Waals surface area contributed by atoms with E-state index in [4.69, 9.17) is 4.74 Å². The predicted octanol–water partition coefficient (Wildman–Crippen LogP) is -0.499. The first-order valence-corrected chi connectivity index (χ1v) is 6.29. The normalized spacial score (nSPS) is 10.4. The molecule has 0 saturated carbocycles. The van der Waals surface area contributed by atoms with Crippen molar-refractivity contribution in [2.24, 2.45) is 5.92 Å². The Bertz CT molecular complexity index is 245. The third-order valence-electron chi connectivity index (χ3n) is 2.24. The first-order chi connectivity index (χ1) is 8.56. The minimum atomic E-state index is -0.137. The molecule has 0 saturated heterocycles. The summed E-state index contributed by atoms with van der Waals surface area (Å²) in [6.07, 6.45) is 0.962. The lowest BCUT2D eigenvalue weighted by atomic mass is 10.1. The van der Waals surface area contributed by atoms with Gasteiger partial charge in [0.2, 0.25) is 11.8 Å². The topological polar surface area (TPSA) is 79.5 Å². The van der Waals surface area contributed by atoms with Crippen molar-refractivity contribution in [2.45, 2.75) is 20.3 Å². The smallest absolute Gasteiger partial charge is 0.234 e. The van der Waals surface area contributed by atoms with Crippen LogP contribution in [0.25, 0.3) is 0 Å². The van der Waals surface area contributed by atoms with E-state index in [0.29, 0.717) is 25.6 Å². The van der Waals surface area contributed by atoms with Gasteiger partial charge < -0.3 is 15.4 Å². The molecular weight excluding hydrogens is 234 g/mol. The lowest BCUT2D eigenvalue weighted by Gasteiger charge is -2.08. The van der Waals surface area contributed by atoms with Gasteiger partial charge >= 0.3 is 0 Å². The van der Waals surface area contributed by atoms with E-state index in [0.717, 1.165) is 6.42 Å². The molecule has 0 rings (SSSR count). The lowest BCUT2D eigenvalue weighted by Crippen LogP contribution is -2.40. The van der Waals surface area contributed by atoms with E-state index >= 15 is 0 Å². The summed E-state index contributed by atoms with van der Waals surface area (Å²) in [5, 5.41) is 8.23. The highest BCUT2D eigenvalue weighted by Crippen LogP contribution is 1.95. The molecule has 0 aliphatic heterocycles. The Kier molecular flexibility index (Phi) is 10.3. The molecule has 106 valence electrons. The maximum Gasteiger partial charge on any atom is 0.234 e. The average molecular weight is 259 g/mol. The molecule has 2 amide bonds. The van der Waals surface area contributed by atoms with Gasteiger partial charge in [0.05, 0.1) is 19.7 Å². The van der Waals surface area contributed by atoms with Crippen molar-refractivity contribution in [3.63, 3.8) is 0 Å². The van der Waals surface area contributed by atoms with Gasteiger partial charge in [-0.05, 0) is 12.3 Å². The molecule has 0 aromatic heterocycles. The van der Waals surface area contributed by atoms with Crippen LogP contribution in [-0.2, 0) is 14.3 Å². The second-order valence-electron chi connectivity index (χ2n) is 4.48. The molecule has 0 aromatic carbocycles. The van der Waals surface area contributed by atoms with E-state index in [9.17, 15) is 9.59 Å². The van der Waals surface area contributed by atoms with Gasteiger partial charge in [-0.2, -0.15) is 0 Å². The van der Waals surface area contributed by atoms with E-state index < -0.39 is 0 Å². The molecule has 0 unspecified atom stereocenters. The van der Waals surface area contributed by atoms with E-state index in [1.54, 1.807) is 7.11 Å². The molecule has 0 heterocycles. The third kappa shape index (κ3) is 11.3. The highest BCUT2D eigenvalue weighted by molar-refractivity contribution is 5.81. The number of hydrogen-bond donors (Lipinski definition) is 3. The van der Waals surface area contributed by atoms with Gasteiger partial charge in [-0.1, -0.05) is 13.8 Å². The van der Waals surface area contributed by atoms with E-state index in [-0.39, 0.29) is 24.9 Å². The summed E-state index contributed by atoms with van der Waals surface area (Å²) in [6.45, 7) is 6.16. The first-order valence-electron chi connectivity index (χ1n) is 6.29. The monoisotopic (exact) mass is 259 g/mol. The standard InChI is InChI=1S/C12H25N3O3/c1-10(2)4-5-14-11(16)8-13-9-12(17)15-6-7-18-3/h10,13H,4-9H2,1-3H3,(H,14,16)(H,15,17). The van der Waals surface area contributed by atoms with E-state index in [1.165, 1.54) is 0 Å². The SMILES string of the molecule is COCCNC(=O)CNCC(=O)NCCC(C)C. The van der Waals surface area contributed by atoms with E-state index in [2.05, 4.69) is 29.8 Å². The van der Waals surface area contributed by atoms with Crippen molar-refractivity contribution >= 4 is 11.8 Å². The largest absolute Gasteiger partial charge is 0.383 e. The van der Waals surface area contributed by atoms with Crippen LogP contribution in [0.2, 0.25) is 0 Å². The van der Waals surface area contributed by atoms with Gasteiger partial charge in [0.1, 0.15) is 0 Å². The zero-order chi connectivity index (χ0) is 13.8. The summed E-state index contributed by atoms with van der Waals surface area (Å²) in [5.41, 5.74) is 0. The summed E-state index contributed by atoms with van der Waals surface area (Å²) in [7, 11) is 1.58. The molecule has 0 aromatic rings. The molecular formula is C12H25N3O3. The molecule has 0 radical (unpaired) electrons. The Labute approximate surface area is 109 Å². The maximum absolute atomic E-state index is 11.3. The second kappa shape index (κ2) is 11.0. The number of hydrogen-bond acceptors (Lipinski definition) is 4. The number of nitrogens with one attached hydrogen (secondary N) is 3. The molecule has 6 heteroatoms. The fourth-order valence-electron chi connectivity index (χ4n) is 1.21. The molecule has 0 aliphatic rings. The van der Waals surface area contributed by atoms with Gasteiger partial charge in [0.15, 0.2) is 0 Å². The fourth-order valence-corrected chi connectivity index (χ4v) is 1.21. The van der Waals surface area contributed by atoms with Crippen molar-refractivity contribution in [3.8, 4) is 0 Å². The van der Waals surface area contributed by atoms with Crippen LogP contribution >= 0.6 is 0 Å². The van der Waals surface area contributed by atoms with Crippen LogP contribution < -0.4 is 16.0 Å². The number of carbonyl (C=O) groups excluding carboxylic acids is 2. The van der Waals surface area contributed by atoms with Crippen molar-refractivity contribution in [3.05, 3.63) is 0 Å². The quantitative estimate of drug-likeness (QED) is 0.462. The molecule has 18 heavy (non-hydrogen) atoms. The Hall–Kier alpha value is -1.14. The van der Waals surface area contributed by atoms with Crippen LogP contribution in [0.1, 0.15) is 20.3 Å². The number of amides is 2. The molecule has 0 atom stereocenters. The minimum Gasteiger partial charge on any atom is -0.383 e. The summed E-state index contributed by atoms with van der Waals surface area (Å²) < 4.78 is 4.80. The zero-order valence-electron chi connectivity index (χ0n) is 11.5. The molecule has 0 spiro atoms. The number of methoxy groups -OCH3 is 1. The molecule has 3 N–H and O–H groups in total. The Morgan fingerprint density at radius 1 is 1.06 bits per heavy atom. The van der Waals surface area contributed by atoms with Crippen molar-refractivity contribution in [1.29, 1.82) is 0 Å². The van der Waals surface area contributed by atoms with Crippen LogP contribution in [0.4, 0.5) is 0 Å². The van der Waals surface area contributed by atoms with Crippen LogP contribution in [0.15, 0.2) is 0 Å². The fraction of sp³-hybridized carbons (Fsp3) is 0.833. The van der Waals surface area contributed by atoms with Crippen molar-refractivity contribution in [2.75, 3.05) is 39.9 Å². The van der Waals surface area contributed by atoms with Gasteiger partial charge in [0, 0.05) is 20.2 Å². The van der Waals surface area contributed by atoms with Crippen molar-refractivity contribution in [1.82, 2.24) is 16.0 Å². The summed E-state index contributed by atoms with van der Waals surface area (Å²) in [6, 6.07) is 0. The third-order valence-corrected chi connectivity index (χ3v) is 2.24. The van der Waals surface area contributed by atoms with Crippen LogP contribution in [0, 0.1) is 5.92 Å².